The zero-order chi connectivity index (χ0) is 16.3. The molecule has 0 unspecified atom stereocenters. The van der Waals surface area contributed by atoms with E-state index >= 15 is 0 Å². The van der Waals surface area contributed by atoms with Gasteiger partial charge in [-0.25, -0.2) is 8.78 Å². The summed E-state index contributed by atoms with van der Waals surface area (Å²) in [6.07, 6.45) is 1.15. The Morgan fingerprint density at radius 1 is 1.26 bits per heavy atom. The van der Waals surface area contributed by atoms with Crippen LogP contribution < -0.4 is 5.32 Å². The van der Waals surface area contributed by atoms with Crippen molar-refractivity contribution >= 4 is 11.8 Å². The van der Waals surface area contributed by atoms with E-state index < -0.39 is 11.6 Å². The molecule has 1 aromatic carbocycles. The molecule has 2 aliphatic heterocycles. The third-order valence-electron chi connectivity index (χ3n) is 4.89. The molecule has 0 bridgehead atoms. The number of morpholine rings is 1. The second kappa shape index (κ2) is 7.47. The van der Waals surface area contributed by atoms with Gasteiger partial charge in [0.1, 0.15) is 11.6 Å². The summed E-state index contributed by atoms with van der Waals surface area (Å²) < 4.78 is 32.3. The van der Waals surface area contributed by atoms with Crippen molar-refractivity contribution in [3.63, 3.8) is 0 Å². The van der Waals surface area contributed by atoms with Crippen LogP contribution in [0.25, 0.3) is 0 Å². The van der Waals surface area contributed by atoms with Crippen molar-refractivity contribution in [2.75, 3.05) is 44.4 Å². The molecule has 1 N–H and O–H groups in total. The Labute approximate surface area is 140 Å². The van der Waals surface area contributed by atoms with Crippen LogP contribution in [-0.4, -0.2) is 54.8 Å². The third-order valence-corrected chi connectivity index (χ3v) is 6.12. The van der Waals surface area contributed by atoms with Gasteiger partial charge in [-0.1, -0.05) is 0 Å². The number of thioether (sulfide) groups is 1. The summed E-state index contributed by atoms with van der Waals surface area (Å²) in [5.41, 5.74) is 0.791. The second-order valence-corrected chi connectivity index (χ2v) is 7.54. The van der Waals surface area contributed by atoms with Gasteiger partial charge >= 0.3 is 0 Å². The summed E-state index contributed by atoms with van der Waals surface area (Å²) in [6, 6.07) is 3.65. The number of hydrogen-bond acceptors (Lipinski definition) is 4. The molecule has 0 aliphatic carbocycles. The van der Waals surface area contributed by atoms with Crippen LogP contribution in [0.4, 0.5) is 8.78 Å². The third kappa shape index (κ3) is 4.05. The van der Waals surface area contributed by atoms with Gasteiger partial charge in [-0.3, -0.25) is 4.90 Å². The highest BCUT2D eigenvalue weighted by molar-refractivity contribution is 7.99. The number of ether oxygens (including phenoxy) is 1. The van der Waals surface area contributed by atoms with E-state index in [1.54, 1.807) is 0 Å². The van der Waals surface area contributed by atoms with Crippen molar-refractivity contribution in [2.45, 2.75) is 24.9 Å². The summed E-state index contributed by atoms with van der Waals surface area (Å²) in [5, 5.41) is 3.50. The fourth-order valence-corrected chi connectivity index (χ4v) is 4.90. The molecule has 2 heterocycles. The molecular formula is C17H24F2N2OS. The monoisotopic (exact) mass is 342 g/mol. The maximum Gasteiger partial charge on any atom is 0.126 e. The molecule has 1 aromatic rings. The first-order valence-electron chi connectivity index (χ1n) is 8.19. The van der Waals surface area contributed by atoms with Crippen LogP contribution in [0.2, 0.25) is 0 Å². The molecule has 0 aromatic heterocycles. The lowest BCUT2D eigenvalue weighted by atomic mass is 9.94. The minimum Gasteiger partial charge on any atom is -0.379 e. The van der Waals surface area contributed by atoms with Crippen LogP contribution in [0.5, 0.6) is 0 Å². The molecule has 0 saturated carbocycles. The molecule has 2 saturated heterocycles. The molecule has 2 fully saturated rings. The van der Waals surface area contributed by atoms with Gasteiger partial charge in [0.2, 0.25) is 0 Å². The summed E-state index contributed by atoms with van der Waals surface area (Å²) in [4.78, 5) is 2.53. The molecule has 2 aliphatic rings. The normalized spacial score (nSPS) is 27.3. The van der Waals surface area contributed by atoms with E-state index in [1.165, 1.54) is 17.9 Å². The van der Waals surface area contributed by atoms with Crippen molar-refractivity contribution in [3.05, 3.63) is 35.4 Å². The van der Waals surface area contributed by atoms with Crippen molar-refractivity contribution in [1.82, 2.24) is 10.2 Å². The zero-order valence-electron chi connectivity index (χ0n) is 13.5. The Kier molecular flexibility index (Phi) is 5.57. The average molecular weight is 342 g/mol. The number of nitrogens with one attached hydrogen (secondary N) is 1. The largest absolute Gasteiger partial charge is 0.379 e. The van der Waals surface area contributed by atoms with Crippen LogP contribution in [0.1, 0.15) is 24.9 Å². The maximum absolute atomic E-state index is 13.4. The number of benzene rings is 1. The minimum absolute atomic E-state index is 0.0799. The lowest BCUT2D eigenvalue weighted by Crippen LogP contribution is -2.58. The maximum atomic E-state index is 13.4. The Morgan fingerprint density at radius 2 is 1.96 bits per heavy atom. The van der Waals surface area contributed by atoms with Gasteiger partial charge in [0.15, 0.2) is 0 Å². The van der Waals surface area contributed by atoms with Gasteiger partial charge < -0.3 is 10.1 Å². The lowest BCUT2D eigenvalue weighted by molar-refractivity contribution is -0.0139. The van der Waals surface area contributed by atoms with Crippen molar-refractivity contribution < 1.29 is 13.5 Å². The summed E-state index contributed by atoms with van der Waals surface area (Å²) in [7, 11) is 0. The number of hydrogen-bond donors (Lipinski definition) is 1. The molecule has 0 radical (unpaired) electrons. The van der Waals surface area contributed by atoms with Gasteiger partial charge in [-0.2, -0.15) is 11.8 Å². The Balaban J connectivity index is 1.66. The van der Waals surface area contributed by atoms with Crippen molar-refractivity contribution in [3.8, 4) is 0 Å². The quantitative estimate of drug-likeness (QED) is 0.889. The SMILES string of the molecule is C[C@@H](NC[C@@]1(N2CCOCC2)CCSC1)c1cc(F)cc(F)c1. The number of nitrogens with zero attached hydrogens (tertiary/aromatic N) is 1. The molecule has 3 rings (SSSR count). The van der Waals surface area contributed by atoms with Gasteiger partial charge in [-0.05, 0) is 36.8 Å². The standard InChI is InChI=1S/C17H24F2N2OS/c1-13(14-8-15(18)10-16(19)9-14)20-11-17(2-7-23-12-17)21-3-5-22-6-4-21/h8-10,13,20H,2-7,11-12H2,1H3/t13-,17+/m1/s1. The molecule has 2 atom stereocenters. The molecule has 0 amide bonds. The highest BCUT2D eigenvalue weighted by Gasteiger charge is 2.40. The van der Waals surface area contributed by atoms with Gasteiger partial charge in [0.25, 0.3) is 0 Å². The molecule has 0 spiro atoms. The molecule has 6 heteroatoms. The summed E-state index contributed by atoms with van der Waals surface area (Å²) in [6.45, 7) is 6.30. The second-order valence-electron chi connectivity index (χ2n) is 6.43. The molecule has 23 heavy (non-hydrogen) atoms. The first-order chi connectivity index (χ1) is 11.1. The van der Waals surface area contributed by atoms with E-state index in [9.17, 15) is 8.78 Å². The first-order valence-corrected chi connectivity index (χ1v) is 9.34. The Morgan fingerprint density at radius 3 is 2.57 bits per heavy atom. The molecule has 3 nitrogen and oxygen atoms in total. The van der Waals surface area contributed by atoms with Gasteiger partial charge in [0, 0.05) is 43.0 Å². The predicted molar refractivity (Wildman–Crippen MR) is 89.8 cm³/mol. The highest BCUT2D eigenvalue weighted by Crippen LogP contribution is 2.34. The summed E-state index contributed by atoms with van der Waals surface area (Å²) >= 11 is 1.98. The van der Waals surface area contributed by atoms with Crippen molar-refractivity contribution in [2.24, 2.45) is 0 Å². The average Bonchev–Trinajstić information content (AvgIpc) is 3.03. The number of rotatable bonds is 5. The lowest BCUT2D eigenvalue weighted by Gasteiger charge is -2.43. The van der Waals surface area contributed by atoms with E-state index in [-0.39, 0.29) is 11.6 Å². The highest BCUT2D eigenvalue weighted by atomic mass is 32.2. The predicted octanol–water partition coefficient (Wildman–Crippen LogP) is 2.82. The van der Waals surface area contributed by atoms with Gasteiger partial charge in [0.05, 0.1) is 13.2 Å². The van der Waals surface area contributed by atoms with Crippen LogP contribution >= 0.6 is 11.8 Å². The van der Waals surface area contributed by atoms with Crippen LogP contribution in [-0.2, 0) is 4.74 Å². The Hall–Kier alpha value is -0.690. The first kappa shape index (κ1) is 17.1. The zero-order valence-corrected chi connectivity index (χ0v) is 14.3. The fourth-order valence-electron chi connectivity index (χ4n) is 3.42. The van der Waals surface area contributed by atoms with Crippen LogP contribution in [0.3, 0.4) is 0 Å². The topological polar surface area (TPSA) is 24.5 Å². The van der Waals surface area contributed by atoms with Gasteiger partial charge in [-0.15, -0.1) is 0 Å². The number of halogens is 2. The Bertz CT molecular complexity index is 511. The molecular weight excluding hydrogens is 318 g/mol. The molecule has 128 valence electrons. The van der Waals surface area contributed by atoms with E-state index in [0.29, 0.717) is 5.56 Å². The minimum atomic E-state index is -0.520. The van der Waals surface area contributed by atoms with Crippen LogP contribution in [0.15, 0.2) is 18.2 Å². The van der Waals surface area contributed by atoms with Crippen molar-refractivity contribution in [1.29, 1.82) is 0 Å². The van der Waals surface area contributed by atoms with E-state index in [4.69, 9.17) is 4.74 Å². The van der Waals surface area contributed by atoms with E-state index in [2.05, 4.69) is 10.2 Å². The van der Waals surface area contributed by atoms with E-state index in [1.807, 2.05) is 18.7 Å². The van der Waals surface area contributed by atoms with E-state index in [0.717, 1.165) is 51.1 Å². The van der Waals surface area contributed by atoms with Crippen LogP contribution in [0, 0.1) is 11.6 Å². The smallest absolute Gasteiger partial charge is 0.126 e. The summed E-state index contributed by atoms with van der Waals surface area (Å²) in [5.74, 6) is 1.23. The fraction of sp³-hybridized carbons (Fsp3) is 0.647.